The molecule has 0 saturated heterocycles. The first-order chi connectivity index (χ1) is 11.0. The van der Waals surface area contributed by atoms with Crippen LogP contribution in [0, 0.1) is 11.3 Å². The minimum atomic E-state index is -0.756. The Morgan fingerprint density at radius 2 is 2.00 bits per heavy atom. The molecule has 0 bridgehead atoms. The van der Waals surface area contributed by atoms with Crippen LogP contribution >= 0.6 is 11.3 Å². The van der Waals surface area contributed by atoms with E-state index in [4.69, 9.17) is 0 Å². The van der Waals surface area contributed by atoms with Crippen molar-refractivity contribution in [3.8, 4) is 0 Å². The van der Waals surface area contributed by atoms with Gasteiger partial charge in [0.25, 0.3) is 0 Å². The van der Waals surface area contributed by atoms with Crippen molar-refractivity contribution in [3.63, 3.8) is 0 Å². The number of aliphatic carboxylic acids is 1. The molecule has 0 unspecified atom stereocenters. The number of hydrogen-bond donors (Lipinski definition) is 2. The highest BCUT2D eigenvalue weighted by molar-refractivity contribution is 7.15. The summed E-state index contributed by atoms with van der Waals surface area (Å²) in [5.41, 5.74) is -0.729. The predicted molar refractivity (Wildman–Crippen MR) is 89.5 cm³/mol. The van der Waals surface area contributed by atoms with E-state index in [-0.39, 0.29) is 11.8 Å². The molecule has 23 heavy (non-hydrogen) atoms. The van der Waals surface area contributed by atoms with Crippen LogP contribution in [-0.2, 0) is 16.0 Å². The van der Waals surface area contributed by atoms with E-state index in [1.54, 1.807) is 0 Å². The summed E-state index contributed by atoms with van der Waals surface area (Å²) in [6.45, 7) is 4.01. The van der Waals surface area contributed by atoms with Gasteiger partial charge < -0.3 is 10.4 Å². The van der Waals surface area contributed by atoms with Crippen LogP contribution in [0.25, 0.3) is 0 Å². The van der Waals surface area contributed by atoms with E-state index < -0.39 is 11.4 Å². The molecule has 0 aromatic carbocycles. The zero-order chi connectivity index (χ0) is 16.9. The third-order valence-electron chi connectivity index (χ3n) is 4.66. The zero-order valence-electron chi connectivity index (χ0n) is 13.8. The van der Waals surface area contributed by atoms with Crippen LogP contribution in [0.3, 0.4) is 0 Å². The highest BCUT2D eigenvalue weighted by atomic mass is 32.1. The summed E-state index contributed by atoms with van der Waals surface area (Å²) in [7, 11) is 0. The number of aryl methyl sites for hydroxylation is 1. The molecular weight excluding hydrogens is 314 g/mol. The van der Waals surface area contributed by atoms with Crippen molar-refractivity contribution in [2.45, 2.75) is 65.2 Å². The minimum absolute atomic E-state index is 0.127. The molecule has 1 fully saturated rings. The molecule has 0 spiro atoms. The van der Waals surface area contributed by atoms with Crippen molar-refractivity contribution >= 4 is 28.3 Å². The first-order valence-corrected chi connectivity index (χ1v) is 9.19. The van der Waals surface area contributed by atoms with Gasteiger partial charge in [0.2, 0.25) is 11.0 Å². The average molecular weight is 339 g/mol. The molecule has 0 radical (unpaired) electrons. The van der Waals surface area contributed by atoms with Gasteiger partial charge in [-0.2, -0.15) is 0 Å². The van der Waals surface area contributed by atoms with Crippen LogP contribution < -0.4 is 5.32 Å². The quantitative estimate of drug-likeness (QED) is 0.756. The third kappa shape index (κ3) is 4.28. The van der Waals surface area contributed by atoms with Gasteiger partial charge in [-0.25, -0.2) is 0 Å². The second kappa shape index (κ2) is 7.86. The fraction of sp³-hybridized carbons (Fsp3) is 0.750. The molecule has 0 aliphatic heterocycles. The predicted octanol–water partition coefficient (Wildman–Crippen LogP) is 3.49. The van der Waals surface area contributed by atoms with Gasteiger partial charge in [0.15, 0.2) is 0 Å². The third-order valence-corrected chi connectivity index (χ3v) is 5.64. The average Bonchev–Trinajstić information content (AvgIpc) is 3.16. The summed E-state index contributed by atoms with van der Waals surface area (Å²) < 4.78 is 0. The number of carboxylic acids is 1. The van der Waals surface area contributed by atoms with Crippen molar-refractivity contribution in [2.24, 2.45) is 11.3 Å². The van der Waals surface area contributed by atoms with E-state index in [1.807, 2.05) is 13.8 Å². The number of anilines is 1. The van der Waals surface area contributed by atoms with Gasteiger partial charge in [-0.3, -0.25) is 9.59 Å². The molecule has 1 aromatic heterocycles. The van der Waals surface area contributed by atoms with E-state index in [9.17, 15) is 14.7 Å². The van der Waals surface area contributed by atoms with Crippen LogP contribution in [0.4, 0.5) is 5.13 Å². The number of aromatic nitrogens is 2. The fourth-order valence-electron chi connectivity index (χ4n) is 3.36. The van der Waals surface area contributed by atoms with Crippen LogP contribution in [0.5, 0.6) is 0 Å². The summed E-state index contributed by atoms with van der Waals surface area (Å²) in [6.07, 6.45) is 5.97. The number of amides is 1. The maximum absolute atomic E-state index is 12.6. The normalized spacial score (nSPS) is 17.8. The second-order valence-electron chi connectivity index (χ2n) is 6.33. The maximum Gasteiger partial charge on any atom is 0.309 e. The molecule has 1 heterocycles. The Balaban J connectivity index is 2.07. The number of carbonyl (C=O) groups excluding carboxylic acids is 1. The number of carbonyl (C=O) groups is 2. The zero-order valence-corrected chi connectivity index (χ0v) is 14.6. The van der Waals surface area contributed by atoms with E-state index in [1.165, 1.54) is 11.3 Å². The van der Waals surface area contributed by atoms with Crippen molar-refractivity contribution in [3.05, 3.63) is 5.01 Å². The number of nitrogens with zero attached hydrogens (tertiary/aromatic N) is 2. The first kappa shape index (κ1) is 17.8. The van der Waals surface area contributed by atoms with Crippen molar-refractivity contribution in [1.82, 2.24) is 10.2 Å². The molecule has 6 nitrogen and oxygen atoms in total. The van der Waals surface area contributed by atoms with Gasteiger partial charge in [0, 0.05) is 5.92 Å². The van der Waals surface area contributed by atoms with Gasteiger partial charge in [-0.1, -0.05) is 44.4 Å². The molecule has 1 aromatic rings. The molecule has 1 atom stereocenters. The summed E-state index contributed by atoms with van der Waals surface area (Å²) in [5, 5.41) is 21.8. The Kier molecular flexibility index (Phi) is 6.10. The Hall–Kier alpha value is -1.50. The van der Waals surface area contributed by atoms with E-state index in [0.717, 1.165) is 30.7 Å². The fourth-order valence-corrected chi connectivity index (χ4v) is 4.04. The summed E-state index contributed by atoms with van der Waals surface area (Å²) >= 11 is 1.37. The lowest BCUT2D eigenvalue weighted by Crippen LogP contribution is -2.34. The molecule has 128 valence electrons. The second-order valence-corrected chi connectivity index (χ2v) is 7.39. The number of carboxylic acid groups (broad SMARTS) is 1. The summed E-state index contributed by atoms with van der Waals surface area (Å²) in [6, 6.07) is 0. The lowest BCUT2D eigenvalue weighted by Gasteiger charge is -2.28. The van der Waals surface area contributed by atoms with Crippen molar-refractivity contribution in [1.29, 1.82) is 0 Å². The van der Waals surface area contributed by atoms with Crippen molar-refractivity contribution in [2.75, 3.05) is 5.32 Å². The van der Waals surface area contributed by atoms with Gasteiger partial charge >= 0.3 is 5.97 Å². The maximum atomic E-state index is 12.6. The number of nitrogens with one attached hydrogen (secondary N) is 1. The lowest BCUT2D eigenvalue weighted by molar-refractivity contribution is -0.150. The SMILES string of the molecule is CCC[C@H](CC1(C(=O)O)CCCC1)C(=O)Nc1nnc(CC)s1. The van der Waals surface area contributed by atoms with Crippen LogP contribution in [-0.4, -0.2) is 27.2 Å². The first-order valence-electron chi connectivity index (χ1n) is 8.37. The number of rotatable bonds is 8. The molecule has 1 saturated carbocycles. The van der Waals surface area contributed by atoms with Crippen LogP contribution in [0.2, 0.25) is 0 Å². The summed E-state index contributed by atoms with van der Waals surface area (Å²) in [4.78, 5) is 24.3. The van der Waals surface area contributed by atoms with Crippen molar-refractivity contribution < 1.29 is 14.7 Å². The molecule has 2 N–H and O–H groups in total. The monoisotopic (exact) mass is 339 g/mol. The van der Waals surface area contributed by atoms with Gasteiger partial charge in [-0.15, -0.1) is 10.2 Å². The Morgan fingerprint density at radius 3 is 2.52 bits per heavy atom. The smallest absolute Gasteiger partial charge is 0.309 e. The molecule has 7 heteroatoms. The Bertz CT molecular complexity index is 553. The molecule has 2 rings (SSSR count). The van der Waals surface area contributed by atoms with Crippen LogP contribution in [0.15, 0.2) is 0 Å². The van der Waals surface area contributed by atoms with Crippen LogP contribution in [0.1, 0.15) is 63.8 Å². The Labute approximate surface area is 140 Å². The van der Waals surface area contributed by atoms with Gasteiger partial charge in [0.05, 0.1) is 5.41 Å². The highest BCUT2D eigenvalue weighted by Crippen LogP contribution is 2.44. The standard InChI is InChI=1S/C16H25N3O3S/c1-3-7-11(10-16(14(21)22)8-5-6-9-16)13(20)17-15-19-18-12(4-2)23-15/h11H,3-10H2,1-2H3,(H,21,22)(H,17,19,20)/t11-/m1/s1. The summed E-state index contributed by atoms with van der Waals surface area (Å²) in [5.74, 6) is -1.17. The minimum Gasteiger partial charge on any atom is -0.481 e. The Morgan fingerprint density at radius 1 is 1.30 bits per heavy atom. The van der Waals surface area contributed by atoms with E-state index in [0.29, 0.717) is 30.8 Å². The molecule has 1 aliphatic rings. The largest absolute Gasteiger partial charge is 0.481 e. The van der Waals surface area contributed by atoms with E-state index >= 15 is 0 Å². The molecule has 1 amide bonds. The lowest BCUT2D eigenvalue weighted by atomic mass is 9.76. The van der Waals surface area contributed by atoms with Gasteiger partial charge in [-0.05, 0) is 32.1 Å². The molecular formula is C16H25N3O3S. The number of hydrogen-bond acceptors (Lipinski definition) is 5. The van der Waals surface area contributed by atoms with Gasteiger partial charge in [0.1, 0.15) is 5.01 Å². The topological polar surface area (TPSA) is 92.2 Å². The highest BCUT2D eigenvalue weighted by Gasteiger charge is 2.44. The molecule has 1 aliphatic carbocycles. The van der Waals surface area contributed by atoms with E-state index in [2.05, 4.69) is 15.5 Å².